The Kier molecular flexibility index (Phi) is 5.75. The number of hydrogen-bond donors (Lipinski definition) is 0. The molecule has 0 aromatic carbocycles. The summed E-state index contributed by atoms with van der Waals surface area (Å²) in [5.41, 5.74) is 0. The molecule has 0 bridgehead atoms. The Balaban J connectivity index is 1.23. The molecule has 4 rings (SSSR count). The van der Waals surface area contributed by atoms with Gasteiger partial charge in [-0.3, -0.25) is 0 Å². The average molecular weight is 335 g/mol. The molecule has 0 aromatic rings. The van der Waals surface area contributed by atoms with Gasteiger partial charge in [-0.15, -0.1) is 0 Å². The van der Waals surface area contributed by atoms with E-state index in [1.807, 2.05) is 0 Å². The van der Waals surface area contributed by atoms with Crippen molar-refractivity contribution in [3.8, 4) is 0 Å². The third-order valence-electron chi connectivity index (χ3n) is 7.22. The molecule has 0 saturated heterocycles. The number of allylic oxidation sites excluding steroid dienone is 10. The first-order valence-electron chi connectivity index (χ1n) is 10.8. The van der Waals surface area contributed by atoms with E-state index in [4.69, 9.17) is 0 Å². The SMILES string of the molecule is C1=CC2CCCC(C/C=C/CCC3CCCC4C=CC=CC43)C2C=C1. The van der Waals surface area contributed by atoms with Gasteiger partial charge in [-0.05, 0) is 80.5 Å². The van der Waals surface area contributed by atoms with E-state index in [0.29, 0.717) is 0 Å². The molecule has 134 valence electrons. The minimum Gasteiger partial charge on any atom is -0.0885 e. The summed E-state index contributed by atoms with van der Waals surface area (Å²) in [5, 5.41) is 0. The van der Waals surface area contributed by atoms with Crippen molar-refractivity contribution in [2.75, 3.05) is 0 Å². The largest absolute Gasteiger partial charge is 0.0885 e. The van der Waals surface area contributed by atoms with Crippen LogP contribution in [0.15, 0.2) is 60.8 Å². The van der Waals surface area contributed by atoms with Gasteiger partial charge in [-0.2, -0.15) is 0 Å². The Morgan fingerprint density at radius 3 is 1.96 bits per heavy atom. The first kappa shape index (κ1) is 17.1. The third kappa shape index (κ3) is 4.10. The molecule has 0 nitrogen and oxygen atoms in total. The van der Waals surface area contributed by atoms with Crippen molar-refractivity contribution in [3.05, 3.63) is 60.8 Å². The molecule has 4 aliphatic carbocycles. The van der Waals surface area contributed by atoms with Gasteiger partial charge in [-0.25, -0.2) is 0 Å². The zero-order valence-electron chi connectivity index (χ0n) is 15.6. The molecule has 0 heteroatoms. The van der Waals surface area contributed by atoms with Gasteiger partial charge in [0.2, 0.25) is 0 Å². The maximum atomic E-state index is 2.51. The molecule has 25 heavy (non-hydrogen) atoms. The standard InChI is InChI=1S/C25H34/c1(2-10-20-14-8-16-22-12-4-6-18-24(20)22)3-11-21-15-9-17-23-13-5-7-19-25(21)23/h1-2,4-7,12-13,18-25H,3,8-11,14-17H2/b2-1+. The van der Waals surface area contributed by atoms with Crippen molar-refractivity contribution >= 4 is 0 Å². The lowest BCUT2D eigenvalue weighted by Crippen LogP contribution is -2.26. The van der Waals surface area contributed by atoms with Gasteiger partial charge in [0.25, 0.3) is 0 Å². The van der Waals surface area contributed by atoms with E-state index < -0.39 is 0 Å². The van der Waals surface area contributed by atoms with Crippen LogP contribution in [0, 0.1) is 35.5 Å². The van der Waals surface area contributed by atoms with Crippen LogP contribution >= 0.6 is 0 Å². The second kappa shape index (κ2) is 8.39. The summed E-state index contributed by atoms with van der Waals surface area (Å²) in [7, 11) is 0. The van der Waals surface area contributed by atoms with Crippen molar-refractivity contribution in [3.63, 3.8) is 0 Å². The van der Waals surface area contributed by atoms with Crippen molar-refractivity contribution in [1.82, 2.24) is 0 Å². The molecule has 6 unspecified atom stereocenters. The van der Waals surface area contributed by atoms with Crippen molar-refractivity contribution in [2.45, 2.75) is 57.8 Å². The lowest BCUT2D eigenvalue weighted by molar-refractivity contribution is 0.216. The lowest BCUT2D eigenvalue weighted by Gasteiger charge is -2.36. The number of rotatable bonds is 5. The van der Waals surface area contributed by atoms with Gasteiger partial charge in [0.15, 0.2) is 0 Å². The van der Waals surface area contributed by atoms with Gasteiger partial charge < -0.3 is 0 Å². The lowest BCUT2D eigenvalue weighted by atomic mass is 9.68. The van der Waals surface area contributed by atoms with E-state index in [2.05, 4.69) is 60.8 Å². The third-order valence-corrected chi connectivity index (χ3v) is 7.22. The van der Waals surface area contributed by atoms with Crippen LogP contribution in [0.4, 0.5) is 0 Å². The maximum absolute atomic E-state index is 2.51. The van der Waals surface area contributed by atoms with E-state index in [0.717, 1.165) is 35.5 Å². The summed E-state index contributed by atoms with van der Waals surface area (Å²) >= 11 is 0. The van der Waals surface area contributed by atoms with Crippen LogP contribution in [0.25, 0.3) is 0 Å². The Hall–Kier alpha value is -1.30. The summed E-state index contributed by atoms with van der Waals surface area (Å²) in [5.74, 6) is 5.07. The first-order chi connectivity index (χ1) is 12.4. The second-order valence-corrected chi connectivity index (χ2v) is 8.69. The van der Waals surface area contributed by atoms with Gasteiger partial charge in [0, 0.05) is 0 Å². The molecule has 0 radical (unpaired) electrons. The van der Waals surface area contributed by atoms with Gasteiger partial charge in [0.05, 0.1) is 0 Å². The quantitative estimate of drug-likeness (QED) is 0.473. The number of fused-ring (bicyclic) bond motifs is 2. The highest BCUT2D eigenvalue weighted by atomic mass is 14.4. The van der Waals surface area contributed by atoms with Crippen LogP contribution in [0.3, 0.4) is 0 Å². The molecular formula is C25H34. The number of hydrogen-bond acceptors (Lipinski definition) is 0. The molecule has 0 amide bonds. The van der Waals surface area contributed by atoms with Crippen LogP contribution in [0.2, 0.25) is 0 Å². The summed E-state index contributed by atoms with van der Waals surface area (Å²) in [4.78, 5) is 0. The normalized spacial score (nSPS) is 39.5. The second-order valence-electron chi connectivity index (χ2n) is 8.69. The first-order valence-corrected chi connectivity index (χ1v) is 10.8. The van der Waals surface area contributed by atoms with E-state index in [9.17, 15) is 0 Å². The Bertz CT molecular complexity index is 573. The van der Waals surface area contributed by atoms with E-state index >= 15 is 0 Å². The Labute approximate surface area is 154 Å². The van der Waals surface area contributed by atoms with E-state index in [-0.39, 0.29) is 0 Å². The van der Waals surface area contributed by atoms with Gasteiger partial charge >= 0.3 is 0 Å². The fourth-order valence-electron chi connectivity index (χ4n) is 5.86. The minimum absolute atomic E-state index is 0.807. The van der Waals surface area contributed by atoms with Crippen molar-refractivity contribution in [1.29, 1.82) is 0 Å². The smallest absolute Gasteiger partial charge is 0.0136 e. The van der Waals surface area contributed by atoms with E-state index in [1.165, 1.54) is 57.8 Å². The molecule has 2 fully saturated rings. The molecule has 6 atom stereocenters. The van der Waals surface area contributed by atoms with Crippen LogP contribution < -0.4 is 0 Å². The van der Waals surface area contributed by atoms with Crippen LogP contribution in [0.5, 0.6) is 0 Å². The summed E-state index contributed by atoms with van der Waals surface area (Å²) in [6.07, 6.45) is 36.4. The van der Waals surface area contributed by atoms with Crippen molar-refractivity contribution < 1.29 is 0 Å². The van der Waals surface area contributed by atoms with Crippen LogP contribution in [0.1, 0.15) is 57.8 Å². The maximum Gasteiger partial charge on any atom is -0.0136 e. The molecule has 4 aliphatic rings. The summed E-state index contributed by atoms with van der Waals surface area (Å²) in [6, 6.07) is 0. The Morgan fingerprint density at radius 2 is 1.24 bits per heavy atom. The molecule has 0 spiro atoms. The van der Waals surface area contributed by atoms with Crippen molar-refractivity contribution in [2.24, 2.45) is 35.5 Å². The molecule has 0 aliphatic heterocycles. The predicted octanol–water partition coefficient (Wildman–Crippen LogP) is 7.03. The Morgan fingerprint density at radius 1 is 0.640 bits per heavy atom. The molecule has 2 saturated carbocycles. The molecular weight excluding hydrogens is 300 g/mol. The summed E-state index contributed by atoms with van der Waals surface area (Å²) < 4.78 is 0. The van der Waals surface area contributed by atoms with Crippen LogP contribution in [-0.4, -0.2) is 0 Å². The van der Waals surface area contributed by atoms with E-state index in [1.54, 1.807) is 0 Å². The highest BCUT2D eigenvalue weighted by molar-refractivity contribution is 5.17. The zero-order valence-corrected chi connectivity index (χ0v) is 15.6. The highest BCUT2D eigenvalue weighted by Crippen LogP contribution is 2.41. The zero-order chi connectivity index (χ0) is 16.9. The monoisotopic (exact) mass is 334 g/mol. The fraction of sp³-hybridized carbons (Fsp3) is 0.600. The molecule has 0 N–H and O–H groups in total. The molecule has 0 aromatic heterocycles. The van der Waals surface area contributed by atoms with Gasteiger partial charge in [0.1, 0.15) is 0 Å². The minimum atomic E-state index is 0.807. The highest BCUT2D eigenvalue weighted by Gasteiger charge is 2.31. The topological polar surface area (TPSA) is 0 Å². The fourth-order valence-corrected chi connectivity index (χ4v) is 5.86. The molecule has 0 heterocycles. The van der Waals surface area contributed by atoms with Gasteiger partial charge in [-0.1, -0.05) is 73.6 Å². The predicted molar refractivity (Wildman–Crippen MR) is 108 cm³/mol. The summed E-state index contributed by atoms with van der Waals surface area (Å²) in [6.45, 7) is 0. The average Bonchev–Trinajstić information content (AvgIpc) is 2.68. The van der Waals surface area contributed by atoms with Crippen LogP contribution in [-0.2, 0) is 0 Å².